The standard InChI is InChI=1S/C3H8OP/c1-3(4)5-2/h3-4H,1-2H3. The van der Waals surface area contributed by atoms with Gasteiger partial charge >= 0.3 is 0 Å². The van der Waals surface area contributed by atoms with Gasteiger partial charge in [0.2, 0.25) is 0 Å². The van der Waals surface area contributed by atoms with Crippen molar-refractivity contribution >= 4 is 8.58 Å². The monoisotopic (exact) mass is 91.0 g/mol. The zero-order valence-electron chi connectivity index (χ0n) is 3.47. The highest BCUT2D eigenvalue weighted by molar-refractivity contribution is 7.37. The lowest BCUT2D eigenvalue weighted by Gasteiger charge is -1.89. The van der Waals surface area contributed by atoms with E-state index >= 15 is 0 Å². The minimum absolute atomic E-state index is 0.144. The summed E-state index contributed by atoms with van der Waals surface area (Å²) in [6.45, 7) is 3.69. The largest absolute Gasteiger partial charge is 0.389 e. The van der Waals surface area contributed by atoms with E-state index in [0.717, 1.165) is 8.58 Å². The molecule has 0 aliphatic rings. The Kier molecular flexibility index (Phi) is 2.82. The van der Waals surface area contributed by atoms with Crippen molar-refractivity contribution in [3.05, 3.63) is 0 Å². The van der Waals surface area contributed by atoms with Crippen molar-refractivity contribution in [1.29, 1.82) is 0 Å². The van der Waals surface area contributed by atoms with Crippen LogP contribution in [0, 0.1) is 0 Å². The molecule has 0 bridgehead atoms. The molecule has 0 saturated carbocycles. The number of hydrogen-bond acceptors (Lipinski definition) is 1. The highest BCUT2D eigenvalue weighted by atomic mass is 31.1. The number of rotatable bonds is 1. The summed E-state index contributed by atoms with van der Waals surface area (Å²) in [5.74, 6) is -0.144. The topological polar surface area (TPSA) is 20.2 Å². The first kappa shape index (κ1) is 5.39. The van der Waals surface area contributed by atoms with E-state index in [1.54, 1.807) is 6.92 Å². The third-order valence-electron chi connectivity index (χ3n) is 0.374. The van der Waals surface area contributed by atoms with E-state index in [9.17, 15) is 0 Å². The van der Waals surface area contributed by atoms with E-state index in [-0.39, 0.29) is 5.85 Å². The van der Waals surface area contributed by atoms with E-state index in [1.807, 2.05) is 6.66 Å². The van der Waals surface area contributed by atoms with Crippen molar-refractivity contribution in [3.8, 4) is 0 Å². The zero-order chi connectivity index (χ0) is 4.28. The minimum Gasteiger partial charge on any atom is -0.389 e. The average molecular weight is 91.1 g/mol. The summed E-state index contributed by atoms with van der Waals surface area (Å²) in [7, 11) is 1.05. The Morgan fingerprint density at radius 3 is 2.00 bits per heavy atom. The SMILES string of the molecule is C[P]C(C)O. The first-order valence-corrected chi connectivity index (χ1v) is 2.95. The molecule has 0 rings (SSSR count). The second-order valence-corrected chi connectivity index (χ2v) is 2.15. The molecule has 1 radical (unpaired) electrons. The van der Waals surface area contributed by atoms with Crippen LogP contribution in [0.25, 0.3) is 0 Å². The predicted octanol–water partition coefficient (Wildman–Crippen LogP) is 0.901. The lowest BCUT2D eigenvalue weighted by atomic mass is 10.9. The van der Waals surface area contributed by atoms with E-state index in [0.29, 0.717) is 0 Å². The van der Waals surface area contributed by atoms with Gasteiger partial charge in [-0.15, -0.1) is 0 Å². The molecule has 0 amide bonds. The molecule has 1 N–H and O–H groups in total. The van der Waals surface area contributed by atoms with Crippen LogP contribution in [0.2, 0.25) is 0 Å². The first-order valence-electron chi connectivity index (χ1n) is 1.54. The Morgan fingerprint density at radius 2 is 2.00 bits per heavy atom. The fourth-order valence-electron chi connectivity index (χ4n) is 0. The van der Waals surface area contributed by atoms with Crippen LogP contribution in [0.15, 0.2) is 0 Å². The third kappa shape index (κ3) is 4.39. The minimum atomic E-state index is -0.144. The van der Waals surface area contributed by atoms with Crippen LogP contribution in [-0.2, 0) is 0 Å². The van der Waals surface area contributed by atoms with Gasteiger partial charge in [0.05, 0.1) is 5.85 Å². The Hall–Kier alpha value is 0.390. The quantitative estimate of drug-likeness (QED) is 0.475. The Bertz CT molecular complexity index is 20.9. The van der Waals surface area contributed by atoms with E-state index in [2.05, 4.69) is 0 Å². The molecule has 0 aliphatic heterocycles. The fourth-order valence-corrected chi connectivity index (χ4v) is 0. The van der Waals surface area contributed by atoms with E-state index < -0.39 is 0 Å². The Labute approximate surface area is 34.2 Å². The number of hydrogen-bond donors (Lipinski definition) is 1. The number of aliphatic hydroxyl groups is 1. The predicted molar refractivity (Wildman–Crippen MR) is 24.5 cm³/mol. The highest BCUT2D eigenvalue weighted by Gasteiger charge is 1.82. The second kappa shape index (κ2) is 2.62. The maximum atomic E-state index is 8.35. The van der Waals surface area contributed by atoms with Gasteiger partial charge in [0, 0.05) is 0 Å². The summed E-state index contributed by atoms with van der Waals surface area (Å²) in [5, 5.41) is 8.35. The molecule has 0 fully saturated rings. The van der Waals surface area contributed by atoms with Crippen LogP contribution in [-0.4, -0.2) is 17.6 Å². The molecule has 0 heterocycles. The molecule has 1 unspecified atom stereocenters. The molecule has 0 aromatic carbocycles. The zero-order valence-corrected chi connectivity index (χ0v) is 4.37. The fraction of sp³-hybridized carbons (Fsp3) is 1.00. The molecule has 0 saturated heterocycles. The lowest BCUT2D eigenvalue weighted by Crippen LogP contribution is -1.84. The van der Waals surface area contributed by atoms with Crippen molar-refractivity contribution in [2.75, 3.05) is 6.66 Å². The van der Waals surface area contributed by atoms with Crippen LogP contribution in [0.5, 0.6) is 0 Å². The second-order valence-electron chi connectivity index (χ2n) is 0.890. The normalized spacial score (nSPS) is 17.4. The summed E-state index contributed by atoms with van der Waals surface area (Å²) in [6, 6.07) is 0. The summed E-state index contributed by atoms with van der Waals surface area (Å²) < 4.78 is 0. The van der Waals surface area contributed by atoms with Gasteiger partial charge in [-0.05, 0) is 13.6 Å². The summed E-state index contributed by atoms with van der Waals surface area (Å²) in [5.41, 5.74) is 0. The van der Waals surface area contributed by atoms with Crippen molar-refractivity contribution in [2.24, 2.45) is 0 Å². The molecule has 0 aromatic heterocycles. The van der Waals surface area contributed by atoms with Gasteiger partial charge in [0.25, 0.3) is 0 Å². The van der Waals surface area contributed by atoms with Gasteiger partial charge in [0.1, 0.15) is 0 Å². The molecule has 1 atom stereocenters. The molecule has 2 heteroatoms. The van der Waals surface area contributed by atoms with Gasteiger partial charge in [-0.25, -0.2) is 0 Å². The third-order valence-corrected chi connectivity index (χ3v) is 1.12. The van der Waals surface area contributed by atoms with Crippen LogP contribution < -0.4 is 0 Å². The van der Waals surface area contributed by atoms with Crippen molar-refractivity contribution < 1.29 is 5.11 Å². The Balaban J connectivity index is 2.54. The van der Waals surface area contributed by atoms with Gasteiger partial charge in [-0.1, -0.05) is 8.58 Å². The maximum absolute atomic E-state index is 8.35. The summed E-state index contributed by atoms with van der Waals surface area (Å²) in [4.78, 5) is 0. The van der Waals surface area contributed by atoms with E-state index in [4.69, 9.17) is 5.11 Å². The first-order chi connectivity index (χ1) is 2.27. The molecule has 0 aromatic rings. The molecule has 31 valence electrons. The smallest absolute Gasteiger partial charge is 0.0740 e. The van der Waals surface area contributed by atoms with Gasteiger partial charge < -0.3 is 5.11 Å². The summed E-state index contributed by atoms with van der Waals surface area (Å²) in [6.07, 6.45) is 0. The molecule has 0 spiro atoms. The van der Waals surface area contributed by atoms with Gasteiger partial charge in [-0.3, -0.25) is 0 Å². The van der Waals surface area contributed by atoms with Gasteiger partial charge in [-0.2, -0.15) is 0 Å². The van der Waals surface area contributed by atoms with Gasteiger partial charge in [0.15, 0.2) is 0 Å². The summed E-state index contributed by atoms with van der Waals surface area (Å²) >= 11 is 0. The molecular weight excluding hydrogens is 83.0 g/mol. The van der Waals surface area contributed by atoms with Crippen LogP contribution in [0.1, 0.15) is 6.92 Å². The van der Waals surface area contributed by atoms with Crippen molar-refractivity contribution in [2.45, 2.75) is 12.8 Å². The van der Waals surface area contributed by atoms with Crippen LogP contribution >= 0.6 is 8.58 Å². The van der Waals surface area contributed by atoms with E-state index in [1.165, 1.54) is 0 Å². The molecule has 1 nitrogen and oxygen atoms in total. The van der Waals surface area contributed by atoms with Crippen LogP contribution in [0.3, 0.4) is 0 Å². The van der Waals surface area contributed by atoms with Crippen molar-refractivity contribution in [3.63, 3.8) is 0 Å². The molecule has 5 heavy (non-hydrogen) atoms. The van der Waals surface area contributed by atoms with Crippen molar-refractivity contribution in [1.82, 2.24) is 0 Å². The molecule has 0 aliphatic carbocycles. The average Bonchev–Trinajstić information content (AvgIpc) is 1.38. The maximum Gasteiger partial charge on any atom is 0.0740 e. The highest BCUT2D eigenvalue weighted by Crippen LogP contribution is 2.06. The lowest BCUT2D eigenvalue weighted by molar-refractivity contribution is 0.281. The molecular formula is C3H8OP. The van der Waals surface area contributed by atoms with Crippen LogP contribution in [0.4, 0.5) is 0 Å². The Morgan fingerprint density at radius 1 is 1.80 bits per heavy atom. The number of aliphatic hydroxyl groups excluding tert-OH is 1.